The minimum atomic E-state index is -0.00000501. The second-order valence-corrected chi connectivity index (χ2v) is 7.56. The highest BCUT2D eigenvalue weighted by atomic mass is 35.5. The van der Waals surface area contributed by atoms with E-state index in [-0.39, 0.29) is 11.5 Å². The molecule has 4 nitrogen and oxygen atoms in total. The van der Waals surface area contributed by atoms with Gasteiger partial charge in [-0.3, -0.25) is 9.80 Å². The zero-order chi connectivity index (χ0) is 18.0. The van der Waals surface area contributed by atoms with Gasteiger partial charge in [-0.15, -0.1) is 0 Å². The SMILES string of the molecule is CC(C)(C)C1=NN(c2ccc(OC=O)cc2)C(c2ccc(Cl)cc2)C1. The van der Waals surface area contributed by atoms with Crippen molar-refractivity contribution in [2.45, 2.75) is 33.2 Å². The van der Waals surface area contributed by atoms with Crippen molar-refractivity contribution in [3.05, 3.63) is 59.1 Å². The van der Waals surface area contributed by atoms with E-state index in [1.807, 2.05) is 41.4 Å². The molecule has 0 radical (unpaired) electrons. The van der Waals surface area contributed by atoms with Crippen LogP contribution < -0.4 is 9.75 Å². The highest BCUT2D eigenvalue weighted by molar-refractivity contribution is 6.30. The predicted molar refractivity (Wildman–Crippen MR) is 101 cm³/mol. The Labute approximate surface area is 153 Å². The molecular weight excluding hydrogens is 336 g/mol. The maximum absolute atomic E-state index is 10.5. The molecule has 0 bridgehead atoms. The number of hydrogen-bond donors (Lipinski definition) is 0. The molecule has 0 N–H and O–H groups in total. The van der Waals surface area contributed by atoms with Gasteiger partial charge in [0, 0.05) is 22.6 Å². The van der Waals surface area contributed by atoms with Crippen molar-refractivity contribution in [3.8, 4) is 5.75 Å². The first-order valence-electron chi connectivity index (χ1n) is 8.21. The summed E-state index contributed by atoms with van der Waals surface area (Å²) in [7, 11) is 0. The third kappa shape index (κ3) is 3.85. The van der Waals surface area contributed by atoms with Crippen LogP contribution in [-0.2, 0) is 4.79 Å². The van der Waals surface area contributed by atoms with Crippen LogP contribution in [0.2, 0.25) is 5.02 Å². The highest BCUT2D eigenvalue weighted by Gasteiger charge is 2.34. The van der Waals surface area contributed by atoms with Crippen LogP contribution in [0.3, 0.4) is 0 Å². The van der Waals surface area contributed by atoms with Gasteiger partial charge in [0.1, 0.15) is 5.75 Å². The van der Waals surface area contributed by atoms with Crippen molar-refractivity contribution in [1.29, 1.82) is 0 Å². The maximum Gasteiger partial charge on any atom is 0.298 e. The zero-order valence-electron chi connectivity index (χ0n) is 14.6. The summed E-state index contributed by atoms with van der Waals surface area (Å²) < 4.78 is 4.87. The van der Waals surface area contributed by atoms with Gasteiger partial charge in [-0.1, -0.05) is 44.5 Å². The summed E-state index contributed by atoms with van der Waals surface area (Å²) in [6, 6.07) is 15.4. The molecule has 0 fully saturated rings. The number of halogens is 1. The van der Waals surface area contributed by atoms with Crippen LogP contribution in [0.15, 0.2) is 53.6 Å². The molecule has 0 saturated carbocycles. The minimum Gasteiger partial charge on any atom is -0.429 e. The van der Waals surface area contributed by atoms with Gasteiger partial charge in [0.25, 0.3) is 6.47 Å². The summed E-state index contributed by atoms with van der Waals surface area (Å²) in [5.41, 5.74) is 3.28. The average molecular weight is 357 g/mol. The summed E-state index contributed by atoms with van der Waals surface area (Å²) in [6.07, 6.45) is 0.859. The van der Waals surface area contributed by atoms with Crippen molar-refractivity contribution < 1.29 is 9.53 Å². The zero-order valence-corrected chi connectivity index (χ0v) is 15.3. The molecule has 2 aromatic rings. The Kier molecular flexibility index (Phi) is 4.82. The number of anilines is 1. The minimum absolute atomic E-state index is 0.00000501. The largest absolute Gasteiger partial charge is 0.429 e. The normalized spacial score (nSPS) is 17.4. The molecule has 0 spiro atoms. The van der Waals surface area contributed by atoms with Gasteiger partial charge >= 0.3 is 0 Å². The fourth-order valence-electron chi connectivity index (χ4n) is 2.88. The molecule has 5 heteroatoms. The fraction of sp³-hybridized carbons (Fsp3) is 0.300. The second kappa shape index (κ2) is 6.89. The van der Waals surface area contributed by atoms with Gasteiger partial charge in [0.2, 0.25) is 0 Å². The monoisotopic (exact) mass is 356 g/mol. The summed E-state index contributed by atoms with van der Waals surface area (Å²) in [5, 5.41) is 7.65. The van der Waals surface area contributed by atoms with E-state index >= 15 is 0 Å². The lowest BCUT2D eigenvalue weighted by Gasteiger charge is -2.24. The van der Waals surface area contributed by atoms with E-state index < -0.39 is 0 Å². The number of hydrazone groups is 1. The van der Waals surface area contributed by atoms with Gasteiger partial charge in [-0.25, -0.2) is 0 Å². The van der Waals surface area contributed by atoms with Crippen molar-refractivity contribution in [3.63, 3.8) is 0 Å². The Morgan fingerprint density at radius 1 is 1.12 bits per heavy atom. The number of hydrogen-bond acceptors (Lipinski definition) is 4. The van der Waals surface area contributed by atoms with Gasteiger partial charge < -0.3 is 4.74 Å². The molecule has 1 heterocycles. The number of carbonyl (C=O) groups is 1. The predicted octanol–water partition coefficient (Wildman–Crippen LogP) is 5.23. The van der Waals surface area contributed by atoms with E-state index in [0.717, 1.165) is 22.8 Å². The van der Waals surface area contributed by atoms with E-state index in [1.165, 1.54) is 5.56 Å². The molecular formula is C20H21ClN2O2. The lowest BCUT2D eigenvalue weighted by molar-refractivity contribution is -0.120. The molecule has 1 unspecified atom stereocenters. The van der Waals surface area contributed by atoms with E-state index in [2.05, 4.69) is 20.8 Å². The van der Waals surface area contributed by atoms with Gasteiger partial charge in [0.15, 0.2) is 0 Å². The molecule has 130 valence electrons. The van der Waals surface area contributed by atoms with E-state index in [1.54, 1.807) is 12.1 Å². The Morgan fingerprint density at radius 3 is 2.32 bits per heavy atom. The number of benzene rings is 2. The molecule has 0 aromatic heterocycles. The van der Waals surface area contributed by atoms with Crippen molar-refractivity contribution in [1.82, 2.24) is 0 Å². The summed E-state index contributed by atoms with van der Waals surface area (Å²) in [4.78, 5) is 10.5. The highest BCUT2D eigenvalue weighted by Crippen LogP contribution is 2.39. The second-order valence-electron chi connectivity index (χ2n) is 7.12. The van der Waals surface area contributed by atoms with Crippen LogP contribution in [0.5, 0.6) is 5.75 Å². The van der Waals surface area contributed by atoms with Gasteiger partial charge in [0.05, 0.1) is 11.7 Å². The quantitative estimate of drug-likeness (QED) is 0.704. The van der Waals surface area contributed by atoms with Crippen molar-refractivity contribution >= 4 is 29.5 Å². The summed E-state index contributed by atoms with van der Waals surface area (Å²) >= 11 is 6.04. The molecule has 1 atom stereocenters. The van der Waals surface area contributed by atoms with Crippen LogP contribution in [0.4, 0.5) is 5.69 Å². The summed E-state index contributed by atoms with van der Waals surface area (Å²) in [5.74, 6) is 0.515. The first-order valence-corrected chi connectivity index (χ1v) is 8.59. The smallest absolute Gasteiger partial charge is 0.298 e. The lowest BCUT2D eigenvalue weighted by Crippen LogP contribution is -2.19. The number of carbonyl (C=O) groups excluding carboxylic acids is 1. The Balaban J connectivity index is 1.96. The molecule has 0 aliphatic carbocycles. The Morgan fingerprint density at radius 2 is 1.76 bits per heavy atom. The maximum atomic E-state index is 10.5. The van der Waals surface area contributed by atoms with Crippen molar-refractivity contribution in [2.75, 3.05) is 5.01 Å². The molecule has 0 saturated heterocycles. The van der Waals surface area contributed by atoms with Gasteiger partial charge in [-0.2, -0.15) is 5.10 Å². The van der Waals surface area contributed by atoms with Crippen LogP contribution in [0.1, 0.15) is 38.8 Å². The van der Waals surface area contributed by atoms with Crippen LogP contribution in [0, 0.1) is 5.41 Å². The first kappa shape index (κ1) is 17.5. The average Bonchev–Trinajstić information content (AvgIpc) is 3.02. The molecule has 3 rings (SSSR count). The van der Waals surface area contributed by atoms with Gasteiger partial charge in [-0.05, 0) is 42.0 Å². The van der Waals surface area contributed by atoms with E-state index in [0.29, 0.717) is 12.2 Å². The standard InChI is InChI=1S/C20H21ClN2O2/c1-20(2,3)19-12-18(14-4-6-15(21)7-5-14)23(22-19)16-8-10-17(11-9-16)25-13-24/h4-11,13,18H,12H2,1-3H3. The number of nitrogens with zero attached hydrogens (tertiary/aromatic N) is 2. The first-order chi connectivity index (χ1) is 11.9. The van der Waals surface area contributed by atoms with Crippen LogP contribution >= 0.6 is 11.6 Å². The Hall–Kier alpha value is -2.33. The van der Waals surface area contributed by atoms with Crippen molar-refractivity contribution in [2.24, 2.45) is 10.5 Å². The Bertz CT molecular complexity index is 777. The molecule has 0 amide bonds. The lowest BCUT2D eigenvalue weighted by atomic mass is 9.86. The molecule has 1 aliphatic rings. The third-order valence-electron chi connectivity index (χ3n) is 4.32. The molecule has 1 aliphatic heterocycles. The number of rotatable bonds is 4. The van der Waals surface area contributed by atoms with E-state index in [4.69, 9.17) is 21.4 Å². The number of ether oxygens (including phenoxy) is 1. The summed E-state index contributed by atoms with van der Waals surface area (Å²) in [6.45, 7) is 6.96. The molecule has 2 aromatic carbocycles. The fourth-order valence-corrected chi connectivity index (χ4v) is 3.01. The van der Waals surface area contributed by atoms with E-state index in [9.17, 15) is 4.79 Å². The van der Waals surface area contributed by atoms with Crippen LogP contribution in [0.25, 0.3) is 0 Å². The third-order valence-corrected chi connectivity index (χ3v) is 4.57. The van der Waals surface area contributed by atoms with Crippen LogP contribution in [-0.4, -0.2) is 12.2 Å². The topological polar surface area (TPSA) is 41.9 Å². The molecule has 25 heavy (non-hydrogen) atoms.